The Hall–Kier alpha value is -2.21. The number of amides is 2. The summed E-state index contributed by atoms with van der Waals surface area (Å²) in [6.45, 7) is 1.53. The van der Waals surface area contributed by atoms with Crippen LogP contribution in [0.25, 0.3) is 10.6 Å². The minimum atomic E-state index is -0.714. The molecule has 19 heavy (non-hydrogen) atoms. The van der Waals surface area contributed by atoms with Crippen LogP contribution >= 0.6 is 11.3 Å². The highest BCUT2D eigenvalue weighted by Gasteiger charge is 2.16. The van der Waals surface area contributed by atoms with Crippen molar-refractivity contribution in [3.05, 3.63) is 41.4 Å². The third-order valence-electron chi connectivity index (χ3n) is 2.53. The van der Waals surface area contributed by atoms with Gasteiger partial charge in [-0.2, -0.15) is 0 Å². The van der Waals surface area contributed by atoms with Crippen LogP contribution in [0.2, 0.25) is 0 Å². The van der Waals surface area contributed by atoms with E-state index in [-0.39, 0.29) is 5.69 Å². The smallest absolute Gasteiger partial charge is 0.271 e. The Balaban J connectivity index is 2.13. The number of aromatic nitrogens is 1. The van der Waals surface area contributed by atoms with Crippen molar-refractivity contribution in [1.82, 2.24) is 10.3 Å². The van der Waals surface area contributed by atoms with Gasteiger partial charge in [-0.3, -0.25) is 9.59 Å². The molecule has 3 N–H and O–H groups in total. The van der Waals surface area contributed by atoms with Gasteiger partial charge in [0.25, 0.3) is 5.91 Å². The topological polar surface area (TPSA) is 85.1 Å². The first-order chi connectivity index (χ1) is 9.08. The Labute approximate surface area is 114 Å². The van der Waals surface area contributed by atoms with Crippen LogP contribution in [0.15, 0.2) is 35.7 Å². The summed E-state index contributed by atoms with van der Waals surface area (Å²) in [6.07, 6.45) is 0. The zero-order chi connectivity index (χ0) is 13.8. The summed E-state index contributed by atoms with van der Waals surface area (Å²) in [7, 11) is 0. The minimum Gasteiger partial charge on any atom is -0.368 e. The van der Waals surface area contributed by atoms with Gasteiger partial charge in [-0.25, -0.2) is 4.98 Å². The Morgan fingerprint density at radius 1 is 1.32 bits per heavy atom. The van der Waals surface area contributed by atoms with Crippen LogP contribution in [-0.4, -0.2) is 22.8 Å². The lowest BCUT2D eigenvalue weighted by Crippen LogP contribution is -2.42. The molecule has 0 aliphatic heterocycles. The van der Waals surface area contributed by atoms with Crippen molar-refractivity contribution in [3.63, 3.8) is 0 Å². The quantitative estimate of drug-likeness (QED) is 0.884. The Morgan fingerprint density at radius 3 is 2.63 bits per heavy atom. The van der Waals surface area contributed by atoms with Crippen molar-refractivity contribution in [3.8, 4) is 10.6 Å². The number of carbonyl (C=O) groups is 2. The zero-order valence-corrected chi connectivity index (χ0v) is 11.1. The zero-order valence-electron chi connectivity index (χ0n) is 10.3. The van der Waals surface area contributed by atoms with Crippen LogP contribution in [0.5, 0.6) is 0 Å². The maximum absolute atomic E-state index is 11.8. The summed E-state index contributed by atoms with van der Waals surface area (Å²) in [5, 5.41) is 4.91. The molecule has 1 heterocycles. The molecular formula is C13H13N3O2S. The number of nitrogens with zero attached hydrogens (tertiary/aromatic N) is 1. The number of nitrogens with one attached hydrogen (secondary N) is 1. The lowest BCUT2D eigenvalue weighted by molar-refractivity contribution is -0.119. The van der Waals surface area contributed by atoms with Gasteiger partial charge in [0.1, 0.15) is 16.7 Å². The lowest BCUT2D eigenvalue weighted by Gasteiger charge is -2.07. The van der Waals surface area contributed by atoms with Gasteiger partial charge in [0, 0.05) is 10.9 Å². The van der Waals surface area contributed by atoms with Crippen LogP contribution < -0.4 is 11.1 Å². The van der Waals surface area contributed by atoms with Gasteiger partial charge in [0.05, 0.1) is 0 Å². The van der Waals surface area contributed by atoms with E-state index in [0.29, 0.717) is 0 Å². The average Bonchev–Trinajstić information content (AvgIpc) is 2.89. The molecule has 1 atom stereocenters. The van der Waals surface area contributed by atoms with Crippen LogP contribution in [-0.2, 0) is 4.79 Å². The predicted molar refractivity (Wildman–Crippen MR) is 73.7 cm³/mol. The molecule has 0 fully saturated rings. The van der Waals surface area contributed by atoms with E-state index in [0.717, 1.165) is 10.6 Å². The summed E-state index contributed by atoms with van der Waals surface area (Å²) in [5.74, 6) is -0.975. The van der Waals surface area contributed by atoms with Gasteiger partial charge in [0.2, 0.25) is 5.91 Å². The van der Waals surface area contributed by atoms with Gasteiger partial charge in [-0.05, 0) is 6.92 Å². The minimum absolute atomic E-state index is 0.289. The lowest BCUT2D eigenvalue weighted by atomic mass is 10.2. The maximum atomic E-state index is 11.8. The number of benzene rings is 1. The Bertz CT molecular complexity index is 595. The van der Waals surface area contributed by atoms with Crippen LogP contribution in [0.3, 0.4) is 0 Å². The van der Waals surface area contributed by atoms with Crippen molar-refractivity contribution in [2.75, 3.05) is 0 Å². The van der Waals surface area contributed by atoms with Gasteiger partial charge in [-0.1, -0.05) is 30.3 Å². The Kier molecular flexibility index (Phi) is 3.91. The summed E-state index contributed by atoms with van der Waals surface area (Å²) in [5.41, 5.74) is 6.33. The Morgan fingerprint density at radius 2 is 2.00 bits per heavy atom. The molecule has 0 radical (unpaired) electrons. The summed E-state index contributed by atoms with van der Waals surface area (Å²) >= 11 is 1.38. The highest BCUT2D eigenvalue weighted by Crippen LogP contribution is 2.23. The molecule has 0 spiro atoms. The van der Waals surface area contributed by atoms with Crippen LogP contribution in [0.4, 0.5) is 0 Å². The number of carbonyl (C=O) groups excluding carboxylic acids is 2. The second-order valence-electron chi connectivity index (χ2n) is 4.00. The standard InChI is InChI=1S/C13H13N3O2S/c1-8(11(14)17)15-12(18)10-7-19-13(16-10)9-5-3-2-4-6-9/h2-8H,1H3,(H2,14,17)(H,15,18). The largest absolute Gasteiger partial charge is 0.368 e. The third-order valence-corrected chi connectivity index (χ3v) is 3.42. The van der Waals surface area contributed by atoms with Gasteiger partial charge in [-0.15, -0.1) is 11.3 Å². The molecule has 98 valence electrons. The molecule has 2 amide bonds. The molecule has 0 bridgehead atoms. The summed E-state index contributed by atoms with van der Waals surface area (Å²) in [6, 6.07) is 8.87. The molecule has 2 aromatic rings. The van der Waals surface area contributed by atoms with Crippen molar-refractivity contribution in [2.45, 2.75) is 13.0 Å². The second kappa shape index (κ2) is 5.62. The molecule has 5 nitrogen and oxygen atoms in total. The fourth-order valence-electron chi connectivity index (χ4n) is 1.43. The third kappa shape index (κ3) is 3.17. The normalized spacial score (nSPS) is 11.8. The van der Waals surface area contributed by atoms with Crippen LogP contribution in [0, 0.1) is 0 Å². The van der Waals surface area contributed by atoms with E-state index in [1.54, 1.807) is 5.38 Å². The number of nitrogens with two attached hydrogens (primary N) is 1. The first kappa shape index (κ1) is 13.2. The highest BCUT2D eigenvalue weighted by atomic mass is 32.1. The number of primary amides is 1. The van der Waals surface area contributed by atoms with Gasteiger partial charge >= 0.3 is 0 Å². The van der Waals surface area contributed by atoms with Gasteiger partial charge < -0.3 is 11.1 Å². The molecule has 1 unspecified atom stereocenters. The second-order valence-corrected chi connectivity index (χ2v) is 4.86. The number of thiazole rings is 1. The molecule has 0 aliphatic rings. The van der Waals surface area contributed by atoms with E-state index in [4.69, 9.17) is 5.73 Å². The SMILES string of the molecule is CC(NC(=O)c1csc(-c2ccccc2)n1)C(N)=O. The number of hydrogen-bond donors (Lipinski definition) is 2. The van der Waals surface area contributed by atoms with Crippen molar-refractivity contribution < 1.29 is 9.59 Å². The molecule has 6 heteroatoms. The number of rotatable bonds is 4. The number of hydrogen-bond acceptors (Lipinski definition) is 4. The van der Waals surface area contributed by atoms with E-state index in [2.05, 4.69) is 10.3 Å². The van der Waals surface area contributed by atoms with Gasteiger partial charge in [0.15, 0.2) is 0 Å². The van der Waals surface area contributed by atoms with E-state index in [9.17, 15) is 9.59 Å². The predicted octanol–water partition coefficient (Wildman–Crippen LogP) is 1.41. The molecule has 1 aromatic heterocycles. The van der Waals surface area contributed by atoms with E-state index >= 15 is 0 Å². The van der Waals surface area contributed by atoms with E-state index in [1.165, 1.54) is 18.3 Å². The summed E-state index contributed by atoms with van der Waals surface area (Å²) < 4.78 is 0. The van der Waals surface area contributed by atoms with Crippen molar-refractivity contribution >= 4 is 23.2 Å². The molecule has 0 saturated carbocycles. The molecule has 1 aromatic carbocycles. The maximum Gasteiger partial charge on any atom is 0.271 e. The van der Waals surface area contributed by atoms with E-state index < -0.39 is 17.9 Å². The first-order valence-corrected chi connectivity index (χ1v) is 6.57. The molecule has 0 aliphatic carbocycles. The monoisotopic (exact) mass is 275 g/mol. The van der Waals surface area contributed by atoms with Crippen molar-refractivity contribution in [1.29, 1.82) is 0 Å². The van der Waals surface area contributed by atoms with Crippen LogP contribution in [0.1, 0.15) is 17.4 Å². The summed E-state index contributed by atoms with van der Waals surface area (Å²) in [4.78, 5) is 27.0. The van der Waals surface area contributed by atoms with Crippen molar-refractivity contribution in [2.24, 2.45) is 5.73 Å². The van der Waals surface area contributed by atoms with E-state index in [1.807, 2.05) is 30.3 Å². The molecule has 2 rings (SSSR count). The average molecular weight is 275 g/mol. The molecule has 0 saturated heterocycles. The highest BCUT2D eigenvalue weighted by molar-refractivity contribution is 7.13. The first-order valence-electron chi connectivity index (χ1n) is 5.69. The molecular weight excluding hydrogens is 262 g/mol. The fourth-order valence-corrected chi connectivity index (χ4v) is 2.24. The fraction of sp³-hybridized carbons (Fsp3) is 0.154.